The molecule has 7 heteroatoms. The molecular weight excluding hydrogens is 285 g/mol. The molecule has 2 rings (SSSR count). The number of nitrogens with one attached hydrogen (secondary N) is 1. The second kappa shape index (κ2) is 5.93. The Hall–Kier alpha value is -1.76. The zero-order valence-electron chi connectivity index (χ0n) is 11.8. The topological polar surface area (TPSA) is 41.6 Å². The normalized spacial score (nSPS) is 23.0. The highest BCUT2D eigenvalue weighted by Gasteiger charge is 2.32. The van der Waals surface area contributed by atoms with Crippen LogP contribution in [0, 0.1) is 0 Å². The van der Waals surface area contributed by atoms with Gasteiger partial charge in [0.2, 0.25) is 6.41 Å². The Bertz CT molecular complexity index is 509. The van der Waals surface area contributed by atoms with E-state index in [0.29, 0.717) is 25.2 Å². The Morgan fingerprint density at radius 3 is 2.43 bits per heavy atom. The Labute approximate surface area is 120 Å². The van der Waals surface area contributed by atoms with Gasteiger partial charge >= 0.3 is 6.18 Å². The summed E-state index contributed by atoms with van der Waals surface area (Å²) in [5.74, 6) is 0. The predicted molar refractivity (Wildman–Crippen MR) is 73.4 cm³/mol. The molecule has 1 saturated heterocycles. The van der Waals surface area contributed by atoms with E-state index in [1.807, 2.05) is 18.7 Å². The zero-order chi connectivity index (χ0) is 15.6. The number of nitrogens with zero attached hydrogens (tertiary/aromatic N) is 1. The van der Waals surface area contributed by atoms with Crippen molar-refractivity contribution in [2.45, 2.75) is 32.2 Å². The second-order valence-electron chi connectivity index (χ2n) is 5.15. The number of carbonyl (C=O) groups excluding carboxylic acids is 1. The minimum atomic E-state index is -4.44. The Balaban J connectivity index is 2.36. The summed E-state index contributed by atoms with van der Waals surface area (Å²) in [6, 6.07) is 3.37. The summed E-state index contributed by atoms with van der Waals surface area (Å²) in [5, 5.41) is 2.35. The highest BCUT2D eigenvalue weighted by atomic mass is 19.4. The summed E-state index contributed by atoms with van der Waals surface area (Å²) in [5.41, 5.74) is -0.0665. The lowest BCUT2D eigenvalue weighted by Crippen LogP contribution is -2.45. The number of amides is 1. The number of ether oxygens (including phenoxy) is 1. The predicted octanol–water partition coefficient (Wildman–Crippen LogP) is 2.89. The molecule has 2 unspecified atom stereocenters. The van der Waals surface area contributed by atoms with Gasteiger partial charge in [0.05, 0.1) is 29.1 Å². The van der Waals surface area contributed by atoms with Gasteiger partial charge in [-0.2, -0.15) is 13.2 Å². The second-order valence-corrected chi connectivity index (χ2v) is 5.15. The number of hydrogen-bond donors (Lipinski definition) is 1. The molecule has 21 heavy (non-hydrogen) atoms. The molecule has 2 atom stereocenters. The van der Waals surface area contributed by atoms with E-state index < -0.39 is 11.7 Å². The maximum Gasteiger partial charge on any atom is 0.416 e. The fourth-order valence-corrected chi connectivity index (χ4v) is 2.54. The number of benzene rings is 1. The minimum Gasteiger partial charge on any atom is -0.372 e. The van der Waals surface area contributed by atoms with Crippen molar-refractivity contribution in [2.75, 3.05) is 23.3 Å². The average molecular weight is 302 g/mol. The first-order valence-corrected chi connectivity index (χ1v) is 6.63. The van der Waals surface area contributed by atoms with E-state index in [2.05, 4.69) is 5.32 Å². The van der Waals surface area contributed by atoms with Gasteiger partial charge in [0.15, 0.2) is 0 Å². The first kappa shape index (κ1) is 15.6. The Morgan fingerprint density at radius 2 is 1.90 bits per heavy atom. The maximum absolute atomic E-state index is 12.8. The SMILES string of the molecule is CC1CN(c2ccc(C(F)(F)F)cc2NC=O)CC(C)O1. The summed E-state index contributed by atoms with van der Waals surface area (Å²) >= 11 is 0. The summed E-state index contributed by atoms with van der Waals surface area (Å²) in [7, 11) is 0. The van der Waals surface area contributed by atoms with Crippen LogP contribution < -0.4 is 10.2 Å². The Morgan fingerprint density at radius 1 is 1.29 bits per heavy atom. The smallest absolute Gasteiger partial charge is 0.372 e. The molecule has 116 valence electrons. The van der Waals surface area contributed by atoms with Gasteiger partial charge in [0, 0.05) is 13.1 Å². The summed E-state index contributed by atoms with van der Waals surface area (Å²) in [4.78, 5) is 12.6. The summed E-state index contributed by atoms with van der Waals surface area (Å²) in [6.45, 7) is 4.92. The molecule has 0 aliphatic carbocycles. The number of carbonyl (C=O) groups is 1. The van der Waals surface area contributed by atoms with Gasteiger partial charge in [0.25, 0.3) is 0 Å². The van der Waals surface area contributed by atoms with E-state index in [0.717, 1.165) is 12.1 Å². The number of alkyl halides is 3. The molecule has 1 fully saturated rings. The third-order valence-corrected chi connectivity index (χ3v) is 3.30. The summed E-state index contributed by atoms with van der Waals surface area (Å²) < 4.78 is 43.9. The molecule has 0 radical (unpaired) electrons. The lowest BCUT2D eigenvalue weighted by molar-refractivity contribution is -0.137. The molecule has 1 aliphatic heterocycles. The van der Waals surface area contributed by atoms with E-state index in [9.17, 15) is 18.0 Å². The molecule has 0 spiro atoms. The van der Waals surface area contributed by atoms with Crippen LogP contribution >= 0.6 is 0 Å². The maximum atomic E-state index is 12.8. The third-order valence-electron chi connectivity index (χ3n) is 3.30. The molecule has 1 N–H and O–H groups in total. The van der Waals surface area contributed by atoms with Crippen LogP contribution in [0.4, 0.5) is 24.5 Å². The van der Waals surface area contributed by atoms with Gasteiger partial charge in [-0.05, 0) is 32.0 Å². The van der Waals surface area contributed by atoms with E-state index in [1.165, 1.54) is 6.07 Å². The number of rotatable bonds is 3. The lowest BCUT2D eigenvalue weighted by Gasteiger charge is -2.37. The van der Waals surface area contributed by atoms with Crippen molar-refractivity contribution in [1.82, 2.24) is 0 Å². The Kier molecular flexibility index (Phi) is 4.41. The molecule has 0 bridgehead atoms. The average Bonchev–Trinajstić information content (AvgIpc) is 2.36. The van der Waals surface area contributed by atoms with E-state index in [1.54, 1.807) is 0 Å². The van der Waals surface area contributed by atoms with Crippen LogP contribution in [0.5, 0.6) is 0 Å². The number of anilines is 2. The molecule has 1 aromatic rings. The first-order valence-electron chi connectivity index (χ1n) is 6.63. The van der Waals surface area contributed by atoms with Crippen molar-refractivity contribution in [3.8, 4) is 0 Å². The summed E-state index contributed by atoms with van der Waals surface area (Å²) in [6.07, 6.45) is -4.12. The molecule has 0 saturated carbocycles. The van der Waals surface area contributed by atoms with Crippen molar-refractivity contribution in [3.63, 3.8) is 0 Å². The van der Waals surface area contributed by atoms with Crippen molar-refractivity contribution in [2.24, 2.45) is 0 Å². The fraction of sp³-hybridized carbons (Fsp3) is 0.500. The van der Waals surface area contributed by atoms with Gasteiger partial charge in [-0.3, -0.25) is 4.79 Å². The van der Waals surface area contributed by atoms with Gasteiger partial charge in [-0.25, -0.2) is 0 Å². The van der Waals surface area contributed by atoms with Gasteiger partial charge in [0.1, 0.15) is 0 Å². The van der Waals surface area contributed by atoms with Gasteiger partial charge in [-0.15, -0.1) is 0 Å². The molecule has 1 aliphatic rings. The van der Waals surface area contributed by atoms with Crippen LogP contribution in [0.25, 0.3) is 0 Å². The number of hydrogen-bond acceptors (Lipinski definition) is 3. The fourth-order valence-electron chi connectivity index (χ4n) is 2.54. The number of halogens is 3. The van der Waals surface area contributed by atoms with Crippen molar-refractivity contribution in [3.05, 3.63) is 23.8 Å². The van der Waals surface area contributed by atoms with Crippen molar-refractivity contribution < 1.29 is 22.7 Å². The molecular formula is C14H17F3N2O2. The van der Waals surface area contributed by atoms with Crippen molar-refractivity contribution in [1.29, 1.82) is 0 Å². The lowest BCUT2D eigenvalue weighted by atomic mass is 10.1. The van der Waals surface area contributed by atoms with Crippen LogP contribution in [0.2, 0.25) is 0 Å². The standard InChI is InChI=1S/C14H17F3N2O2/c1-9-6-19(7-10(2)21-9)13-4-3-11(14(15,16)17)5-12(13)18-8-20/h3-5,8-10H,6-7H2,1-2H3,(H,18,20). The number of morpholine rings is 1. The zero-order valence-corrected chi connectivity index (χ0v) is 11.8. The molecule has 1 aromatic carbocycles. The van der Waals surface area contributed by atoms with E-state index in [-0.39, 0.29) is 17.9 Å². The van der Waals surface area contributed by atoms with Crippen LogP contribution in [-0.4, -0.2) is 31.7 Å². The molecule has 0 aromatic heterocycles. The third kappa shape index (κ3) is 3.66. The highest BCUT2D eigenvalue weighted by molar-refractivity contribution is 5.82. The largest absolute Gasteiger partial charge is 0.416 e. The van der Waals surface area contributed by atoms with Gasteiger partial charge < -0.3 is 15.0 Å². The van der Waals surface area contributed by atoms with Crippen LogP contribution in [0.15, 0.2) is 18.2 Å². The first-order chi connectivity index (χ1) is 9.81. The van der Waals surface area contributed by atoms with Crippen LogP contribution in [0.3, 0.4) is 0 Å². The molecule has 4 nitrogen and oxygen atoms in total. The van der Waals surface area contributed by atoms with Crippen LogP contribution in [-0.2, 0) is 15.7 Å². The van der Waals surface area contributed by atoms with Gasteiger partial charge in [-0.1, -0.05) is 0 Å². The molecule has 1 heterocycles. The highest BCUT2D eigenvalue weighted by Crippen LogP contribution is 2.36. The van der Waals surface area contributed by atoms with Crippen LogP contribution in [0.1, 0.15) is 19.4 Å². The molecule has 1 amide bonds. The minimum absolute atomic E-state index is 0.0277. The quantitative estimate of drug-likeness (QED) is 0.873. The van der Waals surface area contributed by atoms with Crippen molar-refractivity contribution >= 4 is 17.8 Å². The van der Waals surface area contributed by atoms with E-state index >= 15 is 0 Å². The monoisotopic (exact) mass is 302 g/mol. The van der Waals surface area contributed by atoms with E-state index in [4.69, 9.17) is 4.74 Å².